The minimum atomic E-state index is -2.89. The van der Waals surface area contributed by atoms with Crippen LogP contribution in [-0.2, 0) is 4.79 Å². The van der Waals surface area contributed by atoms with Crippen LogP contribution in [-0.4, -0.2) is 91.7 Å². The summed E-state index contributed by atoms with van der Waals surface area (Å²) in [5.74, 6) is -0.154. The number of carbonyl (C=O) groups is 2. The molecule has 0 radical (unpaired) electrons. The first-order valence-electron chi connectivity index (χ1n) is 12.9. The van der Waals surface area contributed by atoms with Crippen LogP contribution in [0.15, 0.2) is 61.1 Å². The van der Waals surface area contributed by atoms with Crippen molar-refractivity contribution >= 4 is 29.0 Å². The van der Waals surface area contributed by atoms with Crippen LogP contribution in [0, 0.1) is 6.92 Å². The number of carbonyl (C=O) groups excluding carboxylic acids is 2. The van der Waals surface area contributed by atoms with E-state index in [-0.39, 0.29) is 24.7 Å². The quantitative estimate of drug-likeness (QED) is 0.297. The summed E-state index contributed by atoms with van der Waals surface area (Å²) in [6.45, 7) is -0.520. The van der Waals surface area contributed by atoms with E-state index in [1.807, 2.05) is 17.4 Å². The molecule has 13 heteroatoms. The first kappa shape index (κ1) is 27.9. The summed E-state index contributed by atoms with van der Waals surface area (Å²) < 4.78 is 31.2. The number of piperazine rings is 1. The third-order valence-electron chi connectivity index (χ3n) is 6.86. The molecule has 3 N–H and O–H groups in total. The van der Waals surface area contributed by atoms with E-state index in [0.29, 0.717) is 35.8 Å². The number of anilines is 2. The number of aromatic nitrogens is 3. The van der Waals surface area contributed by atoms with Crippen molar-refractivity contribution in [3.63, 3.8) is 0 Å². The molecule has 1 fully saturated rings. The van der Waals surface area contributed by atoms with E-state index in [1.165, 1.54) is 17.0 Å². The van der Waals surface area contributed by atoms with E-state index < -0.39 is 25.2 Å². The summed E-state index contributed by atoms with van der Waals surface area (Å²) >= 11 is 0. The molecule has 11 nitrogen and oxygen atoms in total. The molecule has 0 spiro atoms. The maximum atomic E-state index is 13.2. The van der Waals surface area contributed by atoms with E-state index in [4.69, 9.17) is 5.11 Å². The number of aryl methyl sites for hydroxylation is 1. The summed E-state index contributed by atoms with van der Waals surface area (Å²) in [7, 11) is 0. The lowest BCUT2D eigenvalue weighted by Crippen LogP contribution is -2.53. The Morgan fingerprint density at radius 3 is 2.41 bits per heavy atom. The normalized spacial score (nSPS) is 14.4. The second kappa shape index (κ2) is 11.9. The molecule has 1 aliphatic heterocycles. The van der Waals surface area contributed by atoms with Crippen LogP contribution in [0.4, 0.5) is 20.3 Å². The molecule has 0 saturated carbocycles. The topological polar surface area (TPSA) is 133 Å². The molecule has 2 aromatic carbocycles. The Balaban J connectivity index is 1.28. The third-order valence-corrected chi connectivity index (χ3v) is 6.86. The first-order chi connectivity index (χ1) is 19.7. The lowest BCUT2D eigenvalue weighted by atomic mass is 10.1. The Morgan fingerprint density at radius 1 is 1.05 bits per heavy atom. The highest BCUT2D eigenvalue weighted by atomic mass is 19.3. The Morgan fingerprint density at radius 2 is 1.76 bits per heavy atom. The second-order valence-corrected chi connectivity index (χ2v) is 9.49. The number of ether oxygens (including phenoxy) is 1. The zero-order valence-corrected chi connectivity index (χ0v) is 22.1. The van der Waals surface area contributed by atoms with Gasteiger partial charge in [-0.2, -0.15) is 8.78 Å². The number of fused-ring (bicyclic) bond motifs is 1. The summed E-state index contributed by atoms with van der Waals surface area (Å²) in [5, 5.41) is 21.8. The Hall–Kier alpha value is -4.62. The molecule has 41 heavy (non-hydrogen) atoms. The molecule has 1 aliphatic rings. The van der Waals surface area contributed by atoms with E-state index in [0.717, 1.165) is 16.8 Å². The Labute approximate surface area is 233 Å². The van der Waals surface area contributed by atoms with E-state index in [2.05, 4.69) is 20.0 Å². The number of aliphatic hydroxyl groups excluding tert-OH is 2. The van der Waals surface area contributed by atoms with Crippen molar-refractivity contribution in [3.8, 4) is 17.0 Å². The lowest BCUT2D eigenvalue weighted by molar-refractivity contribution is -0.143. The SMILES string of the molecule is Cc1cc(Nc2nccn3c(-c4ccc(OC(F)F)cc4)cnc23)ccc1C(=O)N1CCN(C(=O)[C@@H](O)CO)CC1. The van der Waals surface area contributed by atoms with Gasteiger partial charge in [-0.25, -0.2) is 9.97 Å². The second-order valence-electron chi connectivity index (χ2n) is 9.49. The van der Waals surface area contributed by atoms with Gasteiger partial charge in [0, 0.05) is 55.4 Å². The highest BCUT2D eigenvalue weighted by molar-refractivity contribution is 5.96. The molecule has 1 atom stereocenters. The van der Waals surface area contributed by atoms with Gasteiger partial charge in [-0.15, -0.1) is 0 Å². The molecule has 2 aromatic heterocycles. The number of halogens is 2. The van der Waals surface area contributed by atoms with Crippen LogP contribution in [0.1, 0.15) is 15.9 Å². The predicted molar refractivity (Wildman–Crippen MR) is 145 cm³/mol. The molecule has 214 valence electrons. The number of benzene rings is 2. The molecule has 5 rings (SSSR count). The maximum Gasteiger partial charge on any atom is 0.387 e. The van der Waals surface area contributed by atoms with Crippen LogP contribution >= 0.6 is 0 Å². The lowest BCUT2D eigenvalue weighted by Gasteiger charge is -2.35. The number of rotatable bonds is 8. The van der Waals surface area contributed by atoms with Gasteiger partial charge in [0.1, 0.15) is 5.75 Å². The zero-order chi connectivity index (χ0) is 29.1. The van der Waals surface area contributed by atoms with Crippen molar-refractivity contribution in [2.75, 3.05) is 38.1 Å². The van der Waals surface area contributed by atoms with Crippen LogP contribution < -0.4 is 10.1 Å². The average Bonchev–Trinajstić information content (AvgIpc) is 3.41. The Kier molecular flexibility index (Phi) is 8.08. The van der Waals surface area contributed by atoms with Crippen molar-refractivity contribution in [3.05, 3.63) is 72.2 Å². The van der Waals surface area contributed by atoms with Crippen LogP contribution in [0.5, 0.6) is 5.75 Å². The number of hydrogen-bond donors (Lipinski definition) is 3. The highest BCUT2D eigenvalue weighted by Crippen LogP contribution is 2.28. The molecular formula is C28H28F2N6O5. The minimum absolute atomic E-state index is 0.0640. The van der Waals surface area contributed by atoms with Crippen LogP contribution in [0.2, 0.25) is 0 Å². The van der Waals surface area contributed by atoms with Gasteiger partial charge >= 0.3 is 6.61 Å². The monoisotopic (exact) mass is 566 g/mol. The molecular weight excluding hydrogens is 538 g/mol. The van der Waals surface area contributed by atoms with Gasteiger partial charge in [0.25, 0.3) is 11.8 Å². The first-order valence-corrected chi connectivity index (χ1v) is 12.9. The average molecular weight is 567 g/mol. The standard InChI is InChI=1S/C28H28F2N6O5/c1-17-14-19(4-7-21(17)26(39)34-10-12-35(13-11-34)27(40)23(38)16-37)33-24-25-32-15-22(36(25)9-8-31-24)18-2-5-20(6-3-18)41-28(29)30/h2-9,14-15,23,28,37-38H,10-13,16H2,1H3,(H,31,33)/t23-/m0/s1. The fraction of sp³-hybridized carbons (Fsp3) is 0.286. The van der Waals surface area contributed by atoms with Crippen molar-refractivity contribution in [1.29, 1.82) is 0 Å². The number of nitrogens with one attached hydrogen (secondary N) is 1. The van der Waals surface area contributed by atoms with Gasteiger partial charge in [0.05, 0.1) is 18.5 Å². The van der Waals surface area contributed by atoms with Gasteiger partial charge in [0.15, 0.2) is 17.6 Å². The third kappa shape index (κ3) is 5.95. The van der Waals surface area contributed by atoms with Crippen LogP contribution in [0.25, 0.3) is 16.9 Å². The smallest absolute Gasteiger partial charge is 0.387 e. The number of aliphatic hydroxyl groups is 2. The summed E-state index contributed by atoms with van der Waals surface area (Å²) in [5.41, 5.74) is 4.01. The predicted octanol–water partition coefficient (Wildman–Crippen LogP) is 2.69. The van der Waals surface area contributed by atoms with Gasteiger partial charge < -0.3 is 30.1 Å². The number of nitrogens with zero attached hydrogens (tertiary/aromatic N) is 5. The van der Waals surface area contributed by atoms with E-state index in [1.54, 1.807) is 47.8 Å². The number of hydrogen-bond acceptors (Lipinski definition) is 8. The van der Waals surface area contributed by atoms with Gasteiger partial charge in [-0.3, -0.25) is 14.0 Å². The molecule has 1 saturated heterocycles. The molecule has 2 amide bonds. The maximum absolute atomic E-state index is 13.2. The van der Waals surface area contributed by atoms with Crippen molar-refractivity contribution in [2.24, 2.45) is 0 Å². The summed E-state index contributed by atoms with van der Waals surface area (Å²) in [6.07, 6.45) is 3.58. The largest absolute Gasteiger partial charge is 0.435 e. The fourth-order valence-corrected chi connectivity index (χ4v) is 4.74. The molecule has 4 aromatic rings. The van der Waals surface area contributed by atoms with Crippen LogP contribution in [0.3, 0.4) is 0 Å². The number of amides is 2. The van der Waals surface area contributed by atoms with Gasteiger partial charge in [0.2, 0.25) is 0 Å². The highest BCUT2D eigenvalue weighted by Gasteiger charge is 2.28. The molecule has 0 bridgehead atoms. The number of imidazole rings is 1. The van der Waals surface area contributed by atoms with E-state index in [9.17, 15) is 23.5 Å². The van der Waals surface area contributed by atoms with Gasteiger partial charge in [-0.1, -0.05) is 0 Å². The van der Waals surface area contributed by atoms with Crippen molar-refractivity contribution in [1.82, 2.24) is 24.2 Å². The number of alkyl halides is 2. The fourth-order valence-electron chi connectivity index (χ4n) is 4.74. The summed E-state index contributed by atoms with van der Waals surface area (Å²) in [6, 6.07) is 11.6. The van der Waals surface area contributed by atoms with Gasteiger partial charge in [-0.05, 0) is 55.0 Å². The zero-order valence-electron chi connectivity index (χ0n) is 22.1. The molecule has 0 unspecified atom stereocenters. The minimum Gasteiger partial charge on any atom is -0.435 e. The van der Waals surface area contributed by atoms with Crippen molar-refractivity contribution in [2.45, 2.75) is 19.6 Å². The molecule has 0 aliphatic carbocycles. The van der Waals surface area contributed by atoms with E-state index >= 15 is 0 Å². The summed E-state index contributed by atoms with van der Waals surface area (Å²) in [4.78, 5) is 37.3. The molecule has 3 heterocycles. The van der Waals surface area contributed by atoms with Crippen molar-refractivity contribution < 1.29 is 33.3 Å². The Bertz CT molecular complexity index is 1550.